The van der Waals surface area contributed by atoms with E-state index in [-0.39, 0.29) is 24.8 Å². The Morgan fingerprint density at radius 2 is 1.56 bits per heavy atom. The minimum atomic E-state index is -0.470. The van der Waals surface area contributed by atoms with E-state index in [4.69, 9.17) is 0 Å². The van der Waals surface area contributed by atoms with Gasteiger partial charge in [0.2, 0.25) is 5.91 Å². The first-order chi connectivity index (χ1) is 16.6. The van der Waals surface area contributed by atoms with E-state index in [9.17, 15) is 14.4 Å². The van der Waals surface area contributed by atoms with Gasteiger partial charge in [-0.15, -0.1) is 0 Å². The number of fused-ring (bicyclic) bond motifs is 2. The van der Waals surface area contributed by atoms with Crippen LogP contribution >= 0.6 is 0 Å². The van der Waals surface area contributed by atoms with Crippen molar-refractivity contribution in [3.63, 3.8) is 0 Å². The predicted molar refractivity (Wildman–Crippen MR) is 130 cm³/mol. The van der Waals surface area contributed by atoms with Gasteiger partial charge in [-0.25, -0.2) is 0 Å². The van der Waals surface area contributed by atoms with Crippen molar-refractivity contribution < 1.29 is 14.4 Å². The first kappa shape index (κ1) is 21.5. The fourth-order valence-corrected chi connectivity index (χ4v) is 4.55. The van der Waals surface area contributed by atoms with E-state index in [1.807, 2.05) is 72.8 Å². The van der Waals surface area contributed by atoms with Crippen molar-refractivity contribution in [3.05, 3.63) is 95.6 Å². The zero-order valence-corrected chi connectivity index (χ0v) is 18.7. The number of nitrogens with zero attached hydrogens (tertiary/aromatic N) is 1. The zero-order chi connectivity index (χ0) is 23.7. The Labute approximate surface area is 196 Å². The Hall–Kier alpha value is -4.39. The molecule has 0 aliphatic carbocycles. The highest BCUT2D eigenvalue weighted by atomic mass is 16.2. The van der Waals surface area contributed by atoms with Gasteiger partial charge in [-0.05, 0) is 23.3 Å². The lowest BCUT2D eigenvalue weighted by Gasteiger charge is -2.26. The lowest BCUT2D eigenvalue weighted by atomic mass is 9.93. The molecule has 1 aliphatic rings. The molecule has 3 aromatic carbocycles. The summed E-state index contributed by atoms with van der Waals surface area (Å²) in [6.45, 7) is 1.50. The average molecular weight is 453 g/mol. The first-order valence-corrected chi connectivity index (χ1v) is 11.2. The fraction of sp³-hybridized carbons (Fsp3) is 0.148. The molecule has 0 saturated carbocycles. The molecule has 2 heterocycles. The van der Waals surface area contributed by atoms with Gasteiger partial charge in [-0.2, -0.15) is 0 Å². The minimum absolute atomic E-state index is 0.199. The van der Waals surface area contributed by atoms with Gasteiger partial charge in [-0.1, -0.05) is 73.7 Å². The van der Waals surface area contributed by atoms with Gasteiger partial charge in [0, 0.05) is 28.5 Å². The molecule has 0 spiro atoms. The third-order valence-corrected chi connectivity index (χ3v) is 6.12. The lowest BCUT2D eigenvalue weighted by Crippen LogP contribution is -2.47. The van der Waals surface area contributed by atoms with Crippen LogP contribution in [0.2, 0.25) is 0 Å². The second-order valence-corrected chi connectivity index (χ2v) is 8.20. The Morgan fingerprint density at radius 1 is 0.882 bits per heavy atom. The van der Waals surface area contributed by atoms with Gasteiger partial charge in [0.1, 0.15) is 6.54 Å². The predicted octanol–water partition coefficient (Wildman–Crippen LogP) is 3.94. The number of rotatable bonds is 5. The van der Waals surface area contributed by atoms with Crippen LogP contribution in [0.4, 0.5) is 0 Å². The molecular formula is C27H24N4O3. The summed E-state index contributed by atoms with van der Waals surface area (Å²) in [5, 5.41) is 0.987. The van der Waals surface area contributed by atoms with E-state index in [0.29, 0.717) is 5.56 Å². The van der Waals surface area contributed by atoms with Crippen LogP contribution in [-0.4, -0.2) is 34.2 Å². The van der Waals surface area contributed by atoms with Crippen LogP contribution < -0.4 is 10.9 Å². The van der Waals surface area contributed by atoms with Crippen molar-refractivity contribution >= 4 is 28.6 Å². The fourth-order valence-electron chi connectivity index (χ4n) is 4.55. The lowest BCUT2D eigenvalue weighted by molar-refractivity contribution is -0.129. The molecule has 7 nitrogen and oxygen atoms in total. The van der Waals surface area contributed by atoms with Crippen LogP contribution in [0.1, 0.15) is 40.9 Å². The number of carbonyl (C=O) groups excluding carboxylic acids is 3. The topological polar surface area (TPSA) is 94.3 Å². The molecule has 0 radical (unpaired) electrons. The number of hydrogen-bond donors (Lipinski definition) is 3. The molecule has 0 saturated heterocycles. The normalized spacial score (nSPS) is 14.8. The summed E-state index contributed by atoms with van der Waals surface area (Å²) in [6.07, 6.45) is 0.243. The van der Waals surface area contributed by atoms with E-state index in [1.165, 1.54) is 0 Å². The Kier molecular flexibility index (Phi) is 5.59. The van der Waals surface area contributed by atoms with E-state index in [0.717, 1.165) is 33.3 Å². The van der Waals surface area contributed by atoms with Crippen LogP contribution in [0.5, 0.6) is 0 Å². The highest BCUT2D eigenvalue weighted by molar-refractivity contribution is 6.03. The minimum Gasteiger partial charge on any atom is -0.354 e. The second kappa shape index (κ2) is 8.86. The van der Waals surface area contributed by atoms with Crippen molar-refractivity contribution in [3.8, 4) is 11.3 Å². The van der Waals surface area contributed by atoms with Gasteiger partial charge < -0.3 is 9.88 Å². The number of aromatic amines is 1. The highest BCUT2D eigenvalue weighted by Crippen LogP contribution is 2.45. The summed E-state index contributed by atoms with van der Waals surface area (Å²) in [7, 11) is 0. The highest BCUT2D eigenvalue weighted by Gasteiger charge is 2.41. The van der Waals surface area contributed by atoms with Gasteiger partial charge in [0.05, 0.1) is 11.7 Å². The number of hydrazine groups is 1. The SMILES string of the molecule is CCC(=O)NNC(=O)CN1C(=O)c2ccccc2C1c1c(-c2ccccc2)[nH]c2ccccc12. The van der Waals surface area contributed by atoms with Crippen LogP contribution in [0, 0.1) is 0 Å². The van der Waals surface area contributed by atoms with Gasteiger partial charge >= 0.3 is 0 Å². The first-order valence-electron chi connectivity index (χ1n) is 11.2. The molecule has 4 aromatic rings. The number of benzene rings is 3. The maximum atomic E-state index is 13.5. The quantitative estimate of drug-likeness (QED) is 0.401. The molecule has 34 heavy (non-hydrogen) atoms. The Bertz CT molecular complexity index is 1390. The van der Waals surface area contributed by atoms with E-state index in [1.54, 1.807) is 17.9 Å². The molecule has 3 amide bonds. The standard InChI is InChI=1S/C27H24N4O3/c1-2-22(32)29-30-23(33)16-31-26(18-12-6-7-13-19(18)27(31)34)24-20-14-8-9-15-21(20)28-25(24)17-10-4-3-5-11-17/h3-15,26,28H,2,16H2,1H3,(H,29,32)(H,30,33). The summed E-state index contributed by atoms with van der Waals surface area (Å²) >= 11 is 0. The average Bonchev–Trinajstić information content (AvgIpc) is 3.38. The van der Waals surface area contributed by atoms with Gasteiger partial charge in [-0.3, -0.25) is 25.2 Å². The maximum Gasteiger partial charge on any atom is 0.258 e. The summed E-state index contributed by atoms with van der Waals surface area (Å²) < 4.78 is 0. The molecule has 0 fully saturated rings. The monoisotopic (exact) mass is 452 g/mol. The molecule has 5 rings (SSSR count). The van der Waals surface area contributed by atoms with Crippen molar-refractivity contribution in [1.29, 1.82) is 0 Å². The molecule has 1 aliphatic heterocycles. The van der Waals surface area contributed by atoms with E-state index in [2.05, 4.69) is 15.8 Å². The van der Waals surface area contributed by atoms with Crippen molar-refractivity contribution in [2.45, 2.75) is 19.4 Å². The van der Waals surface area contributed by atoms with Crippen molar-refractivity contribution in [1.82, 2.24) is 20.7 Å². The molecule has 0 bridgehead atoms. The van der Waals surface area contributed by atoms with Crippen LogP contribution in [-0.2, 0) is 9.59 Å². The van der Waals surface area contributed by atoms with E-state index >= 15 is 0 Å². The summed E-state index contributed by atoms with van der Waals surface area (Å²) in [4.78, 5) is 42.9. The Balaban J connectivity index is 1.64. The molecule has 1 atom stereocenters. The number of hydrogen-bond acceptors (Lipinski definition) is 3. The zero-order valence-electron chi connectivity index (χ0n) is 18.7. The van der Waals surface area contributed by atoms with Crippen LogP contribution in [0.15, 0.2) is 78.9 Å². The molecular weight excluding hydrogens is 428 g/mol. The summed E-state index contributed by atoms with van der Waals surface area (Å²) in [5.74, 6) is -0.986. The number of amides is 3. The summed E-state index contributed by atoms with van der Waals surface area (Å²) in [5.41, 5.74) is 9.99. The molecule has 7 heteroatoms. The smallest absolute Gasteiger partial charge is 0.258 e. The molecule has 1 aromatic heterocycles. The number of H-pyrrole nitrogens is 1. The van der Waals surface area contributed by atoms with E-state index < -0.39 is 11.9 Å². The third kappa shape index (κ3) is 3.71. The largest absolute Gasteiger partial charge is 0.354 e. The van der Waals surface area contributed by atoms with Crippen molar-refractivity contribution in [2.24, 2.45) is 0 Å². The van der Waals surface area contributed by atoms with Crippen LogP contribution in [0.3, 0.4) is 0 Å². The molecule has 3 N–H and O–H groups in total. The van der Waals surface area contributed by atoms with Crippen LogP contribution in [0.25, 0.3) is 22.2 Å². The summed E-state index contributed by atoms with van der Waals surface area (Å²) in [6, 6.07) is 24.9. The number of nitrogens with one attached hydrogen (secondary N) is 3. The Morgan fingerprint density at radius 3 is 2.35 bits per heavy atom. The number of aromatic nitrogens is 1. The molecule has 1 unspecified atom stereocenters. The van der Waals surface area contributed by atoms with Gasteiger partial charge in [0.15, 0.2) is 0 Å². The molecule has 170 valence electrons. The second-order valence-electron chi connectivity index (χ2n) is 8.20. The number of carbonyl (C=O) groups is 3. The third-order valence-electron chi connectivity index (χ3n) is 6.12. The number of para-hydroxylation sites is 1. The van der Waals surface area contributed by atoms with Crippen molar-refractivity contribution in [2.75, 3.05) is 6.54 Å². The maximum absolute atomic E-state index is 13.5. The van der Waals surface area contributed by atoms with Gasteiger partial charge in [0.25, 0.3) is 11.8 Å².